The molecule has 0 aromatic rings. The number of nitrogens with zero attached hydrogens (tertiary/aromatic N) is 3. The molecule has 0 aliphatic rings. The van der Waals surface area contributed by atoms with E-state index in [2.05, 4.69) is 44.6 Å². The smallest absolute Gasteiger partial charge is 0.247 e. The summed E-state index contributed by atoms with van der Waals surface area (Å²) in [5.41, 5.74) is 0.690. The van der Waals surface area contributed by atoms with Gasteiger partial charge in [-0.05, 0) is 49.5 Å². The molecule has 0 fully saturated rings. The Kier molecular flexibility index (Phi) is 24.1. The minimum atomic E-state index is -1.14. The van der Waals surface area contributed by atoms with Crippen LogP contribution in [0.4, 0.5) is 0 Å². The first-order valence-electron chi connectivity index (χ1n) is 18.2. The van der Waals surface area contributed by atoms with Gasteiger partial charge in [-0.1, -0.05) is 91.5 Å². The number of aliphatic hydroxyl groups is 1. The molecule has 51 heavy (non-hydrogen) atoms. The molecule has 12 heteroatoms. The van der Waals surface area contributed by atoms with Gasteiger partial charge in [0.15, 0.2) is 0 Å². The lowest BCUT2D eigenvalue weighted by molar-refractivity contribution is -0.147. The molecule has 290 valence electrons. The summed E-state index contributed by atoms with van der Waals surface area (Å²) in [6, 6.07) is -3.87. The SMILES string of the molecule is C=C/C=C(\C=C)CC(C(=O)N(C)C(CC)C(=O)NC(COCCC(C)C)C(=O)N(C)C(CC(C)C)C(=O)NCCC(O)/C=C\CCC)N(C)C=O. The number of carbonyl (C=O) groups excluding carboxylic acids is 5. The van der Waals surface area contributed by atoms with E-state index in [9.17, 15) is 29.1 Å². The van der Waals surface area contributed by atoms with Crippen molar-refractivity contribution in [3.63, 3.8) is 0 Å². The number of unbranched alkanes of at least 4 members (excludes halogenated alkanes) is 1. The van der Waals surface area contributed by atoms with E-state index in [0.717, 1.165) is 19.3 Å². The van der Waals surface area contributed by atoms with Crippen LogP contribution < -0.4 is 10.6 Å². The summed E-state index contributed by atoms with van der Waals surface area (Å²) in [7, 11) is 4.52. The summed E-state index contributed by atoms with van der Waals surface area (Å²) >= 11 is 0. The lowest BCUT2D eigenvalue weighted by atomic mass is 10.0. The Morgan fingerprint density at radius 1 is 0.882 bits per heavy atom. The maximum Gasteiger partial charge on any atom is 0.247 e. The summed E-state index contributed by atoms with van der Waals surface area (Å²) in [6.07, 6.45) is 12.0. The van der Waals surface area contributed by atoms with Crippen LogP contribution in [0.3, 0.4) is 0 Å². The van der Waals surface area contributed by atoms with E-state index in [1.165, 1.54) is 35.8 Å². The first-order valence-corrected chi connectivity index (χ1v) is 18.2. The molecule has 0 spiro atoms. The van der Waals surface area contributed by atoms with Crippen LogP contribution in [0.25, 0.3) is 0 Å². The van der Waals surface area contributed by atoms with Crippen molar-refractivity contribution in [3.8, 4) is 0 Å². The van der Waals surface area contributed by atoms with Crippen molar-refractivity contribution in [2.45, 2.75) is 117 Å². The lowest BCUT2D eigenvalue weighted by Gasteiger charge is -2.35. The van der Waals surface area contributed by atoms with Crippen LogP contribution in [0.15, 0.2) is 49.1 Å². The molecule has 12 nitrogen and oxygen atoms in total. The van der Waals surface area contributed by atoms with Crippen molar-refractivity contribution in [3.05, 3.63) is 49.1 Å². The van der Waals surface area contributed by atoms with Crippen LogP contribution >= 0.6 is 0 Å². The van der Waals surface area contributed by atoms with E-state index in [1.54, 1.807) is 31.2 Å². The molecule has 0 aliphatic carbocycles. The normalized spacial score (nSPS) is 14.7. The fourth-order valence-corrected chi connectivity index (χ4v) is 5.32. The van der Waals surface area contributed by atoms with Gasteiger partial charge in [0.25, 0.3) is 0 Å². The molecule has 0 saturated carbocycles. The fourth-order valence-electron chi connectivity index (χ4n) is 5.32. The highest BCUT2D eigenvalue weighted by Crippen LogP contribution is 2.17. The third-order valence-corrected chi connectivity index (χ3v) is 8.57. The zero-order valence-electron chi connectivity index (χ0n) is 32.7. The van der Waals surface area contributed by atoms with Crippen LogP contribution in [0, 0.1) is 11.8 Å². The highest BCUT2D eigenvalue weighted by molar-refractivity contribution is 5.95. The molecule has 0 aromatic heterocycles. The first kappa shape index (κ1) is 47.2. The second-order valence-electron chi connectivity index (χ2n) is 13.8. The Labute approximate surface area is 307 Å². The van der Waals surface area contributed by atoms with Gasteiger partial charge in [0.05, 0.1) is 12.7 Å². The molecule has 0 saturated heterocycles. The zero-order chi connectivity index (χ0) is 39.1. The molecule has 5 atom stereocenters. The van der Waals surface area contributed by atoms with E-state index in [-0.39, 0.29) is 37.8 Å². The number of hydrogen-bond donors (Lipinski definition) is 3. The molecule has 0 aliphatic heterocycles. The second-order valence-corrected chi connectivity index (χ2v) is 13.8. The predicted molar refractivity (Wildman–Crippen MR) is 203 cm³/mol. The van der Waals surface area contributed by atoms with Crippen molar-refractivity contribution in [2.75, 3.05) is 40.9 Å². The highest BCUT2D eigenvalue weighted by Gasteiger charge is 2.36. The standard InChI is InChI=1S/C39H67N5O7/c1-12-16-17-19-31(46)20-22-40-36(47)34(24-29(7)8)44(11)38(49)32(26-51-23-21-28(5)6)41-37(48)33(15-4)43(10)39(50)35(42(9)27-45)25-30(14-3)18-13-2/h13-14,17-19,27-29,31-35,46H,2-3,12,15-16,20-26H2,1,4-11H3,(H,40,47)(H,41,48)/b19-17-,30-18+. The topological polar surface area (TPSA) is 149 Å². The van der Waals surface area contributed by atoms with E-state index in [0.29, 0.717) is 37.3 Å². The Morgan fingerprint density at radius 2 is 1.53 bits per heavy atom. The number of hydrogen-bond acceptors (Lipinski definition) is 7. The Morgan fingerprint density at radius 3 is 2.06 bits per heavy atom. The van der Waals surface area contributed by atoms with Crippen molar-refractivity contribution in [2.24, 2.45) is 11.8 Å². The largest absolute Gasteiger partial charge is 0.389 e. The quantitative estimate of drug-likeness (QED) is 0.0504. The van der Waals surface area contributed by atoms with Gasteiger partial charge in [0, 0.05) is 40.7 Å². The second kappa shape index (κ2) is 26.1. The number of rotatable bonds is 27. The Balaban J connectivity index is 6.22. The van der Waals surface area contributed by atoms with Gasteiger partial charge in [-0.2, -0.15) is 0 Å². The number of likely N-dealkylation sites (N-methyl/N-ethyl adjacent to an activating group) is 3. The van der Waals surface area contributed by atoms with Crippen LogP contribution in [0.1, 0.15) is 86.5 Å². The number of allylic oxidation sites excluding steroid dienone is 4. The summed E-state index contributed by atoms with van der Waals surface area (Å²) in [5, 5.41) is 15.9. The molecule has 0 radical (unpaired) electrons. The van der Waals surface area contributed by atoms with Crippen LogP contribution in [0.2, 0.25) is 0 Å². The minimum Gasteiger partial charge on any atom is -0.389 e. The van der Waals surface area contributed by atoms with Gasteiger partial charge in [0.1, 0.15) is 24.2 Å². The summed E-state index contributed by atoms with van der Waals surface area (Å²) in [4.78, 5) is 70.8. The number of aliphatic hydroxyl groups excluding tert-OH is 1. The van der Waals surface area contributed by atoms with Gasteiger partial charge in [0.2, 0.25) is 30.0 Å². The Hall–Kier alpha value is -3.77. The van der Waals surface area contributed by atoms with Crippen LogP contribution in [0.5, 0.6) is 0 Å². The molecule has 5 amide bonds. The van der Waals surface area contributed by atoms with Gasteiger partial charge in [-0.3, -0.25) is 24.0 Å². The molecular weight excluding hydrogens is 650 g/mol. The van der Waals surface area contributed by atoms with Crippen molar-refractivity contribution >= 4 is 30.0 Å². The number of nitrogens with one attached hydrogen (secondary N) is 2. The fraction of sp³-hybridized carbons (Fsp3) is 0.667. The highest BCUT2D eigenvalue weighted by atomic mass is 16.5. The van der Waals surface area contributed by atoms with E-state index < -0.39 is 48.0 Å². The van der Waals surface area contributed by atoms with Gasteiger partial charge < -0.3 is 35.2 Å². The zero-order valence-corrected chi connectivity index (χ0v) is 32.7. The monoisotopic (exact) mass is 718 g/mol. The maximum atomic E-state index is 14.1. The summed E-state index contributed by atoms with van der Waals surface area (Å²) in [6.45, 7) is 19.7. The third kappa shape index (κ3) is 17.8. The predicted octanol–water partition coefficient (Wildman–Crippen LogP) is 4.01. The lowest BCUT2D eigenvalue weighted by Crippen LogP contribution is -2.59. The average molecular weight is 718 g/mol. The number of amides is 5. The molecule has 3 N–H and O–H groups in total. The van der Waals surface area contributed by atoms with Crippen molar-refractivity contribution in [1.29, 1.82) is 0 Å². The number of ether oxygens (including phenoxy) is 1. The van der Waals surface area contributed by atoms with E-state index >= 15 is 0 Å². The minimum absolute atomic E-state index is 0.0680. The third-order valence-electron chi connectivity index (χ3n) is 8.57. The van der Waals surface area contributed by atoms with Gasteiger partial charge >= 0.3 is 0 Å². The van der Waals surface area contributed by atoms with Crippen LogP contribution in [-0.4, -0.2) is 121 Å². The Bertz CT molecular complexity index is 1170. The summed E-state index contributed by atoms with van der Waals surface area (Å²) in [5.74, 6) is -1.47. The molecule has 0 bridgehead atoms. The van der Waals surface area contributed by atoms with Crippen molar-refractivity contribution < 1.29 is 33.8 Å². The van der Waals surface area contributed by atoms with Gasteiger partial charge in [-0.15, -0.1) is 0 Å². The summed E-state index contributed by atoms with van der Waals surface area (Å²) < 4.78 is 5.87. The van der Waals surface area contributed by atoms with Crippen LogP contribution in [-0.2, 0) is 28.7 Å². The molecule has 0 heterocycles. The maximum absolute atomic E-state index is 14.1. The molecule has 0 aromatic carbocycles. The first-order chi connectivity index (χ1) is 24.1. The molecule has 0 rings (SSSR count). The van der Waals surface area contributed by atoms with Crippen molar-refractivity contribution in [1.82, 2.24) is 25.3 Å². The number of carbonyl (C=O) groups is 5. The molecular formula is C39H67N5O7. The van der Waals surface area contributed by atoms with Gasteiger partial charge in [-0.25, -0.2) is 0 Å². The van der Waals surface area contributed by atoms with E-state index in [1.807, 2.05) is 19.9 Å². The molecule has 5 unspecified atom stereocenters. The van der Waals surface area contributed by atoms with E-state index in [4.69, 9.17) is 4.74 Å². The average Bonchev–Trinajstić information content (AvgIpc) is 3.09.